The summed E-state index contributed by atoms with van der Waals surface area (Å²) in [4.78, 5) is 24.4. The van der Waals surface area contributed by atoms with Crippen LogP contribution in [0.2, 0.25) is 0 Å². The van der Waals surface area contributed by atoms with Gasteiger partial charge in [-0.2, -0.15) is 5.26 Å². The lowest BCUT2D eigenvalue weighted by molar-refractivity contribution is -0.0592. The summed E-state index contributed by atoms with van der Waals surface area (Å²) < 4.78 is 30.7. The molecule has 2 aromatic heterocycles. The molecule has 0 bridgehead atoms. The average molecular weight is 656 g/mol. The summed E-state index contributed by atoms with van der Waals surface area (Å²) in [5.74, 6) is 1.12. The second kappa shape index (κ2) is 15.6. The lowest BCUT2D eigenvalue weighted by Gasteiger charge is -2.32. The highest BCUT2D eigenvalue weighted by molar-refractivity contribution is 5.95. The highest BCUT2D eigenvalue weighted by Gasteiger charge is 2.27. The number of hydrogen-bond acceptors (Lipinski definition) is 10. The van der Waals surface area contributed by atoms with Crippen molar-refractivity contribution in [2.45, 2.75) is 57.1 Å². The number of rotatable bonds is 15. The van der Waals surface area contributed by atoms with Gasteiger partial charge in [0.15, 0.2) is 0 Å². The van der Waals surface area contributed by atoms with Gasteiger partial charge >= 0.3 is 5.97 Å². The third kappa shape index (κ3) is 7.94. The number of imidazole rings is 1. The quantitative estimate of drug-likeness (QED) is 0.189. The number of likely N-dealkylation sites (tertiary alicyclic amines) is 1. The number of carbonyl (C=O) groups is 1. The topological polar surface area (TPSA) is 141 Å². The summed E-state index contributed by atoms with van der Waals surface area (Å²) in [6, 6.07) is 18.6. The SMILES string of the molecule is COCC(COc1cc(C(=O)O)cc2c1nc(CN1CCC(c3cccc(OCc4ccc(C#N)cc4)n3)CC1)n2C[C@@H]1CCO1)OC. The molecule has 0 spiro atoms. The maximum Gasteiger partial charge on any atom is 0.335 e. The van der Waals surface area contributed by atoms with E-state index in [1.807, 2.05) is 24.3 Å². The van der Waals surface area contributed by atoms with Gasteiger partial charge in [-0.1, -0.05) is 18.2 Å². The van der Waals surface area contributed by atoms with E-state index in [-0.39, 0.29) is 24.4 Å². The van der Waals surface area contributed by atoms with E-state index in [2.05, 4.69) is 21.6 Å². The Morgan fingerprint density at radius 2 is 1.85 bits per heavy atom. The highest BCUT2D eigenvalue weighted by atomic mass is 16.6. The van der Waals surface area contributed by atoms with Crippen molar-refractivity contribution in [1.29, 1.82) is 5.26 Å². The molecule has 1 unspecified atom stereocenters. The van der Waals surface area contributed by atoms with Gasteiger partial charge in [0.25, 0.3) is 0 Å². The molecule has 12 nitrogen and oxygen atoms in total. The largest absolute Gasteiger partial charge is 0.488 e. The van der Waals surface area contributed by atoms with E-state index in [1.54, 1.807) is 32.4 Å². The molecule has 6 rings (SSSR count). The fourth-order valence-electron chi connectivity index (χ4n) is 6.14. The molecule has 12 heteroatoms. The van der Waals surface area contributed by atoms with E-state index in [1.165, 1.54) is 6.07 Å². The highest BCUT2D eigenvalue weighted by Crippen LogP contribution is 2.33. The predicted octanol–water partition coefficient (Wildman–Crippen LogP) is 4.79. The van der Waals surface area contributed by atoms with Crippen LogP contribution in [-0.2, 0) is 33.9 Å². The summed E-state index contributed by atoms with van der Waals surface area (Å²) in [5, 5.41) is 18.9. The van der Waals surface area contributed by atoms with Crippen molar-refractivity contribution in [2.24, 2.45) is 0 Å². The van der Waals surface area contributed by atoms with Gasteiger partial charge in [0.1, 0.15) is 36.4 Å². The third-order valence-electron chi connectivity index (χ3n) is 9.02. The Morgan fingerprint density at radius 3 is 2.52 bits per heavy atom. The zero-order chi connectivity index (χ0) is 33.5. The van der Waals surface area contributed by atoms with Gasteiger partial charge in [-0.05, 0) is 68.2 Å². The molecular formula is C36H41N5O7. The fraction of sp³-hybridized carbons (Fsp3) is 0.444. The first-order valence-electron chi connectivity index (χ1n) is 16.3. The van der Waals surface area contributed by atoms with E-state index in [4.69, 9.17) is 38.9 Å². The Balaban J connectivity index is 1.15. The van der Waals surface area contributed by atoms with E-state index in [0.29, 0.717) is 60.4 Å². The van der Waals surface area contributed by atoms with Crippen molar-refractivity contribution >= 4 is 17.0 Å². The number of piperidine rings is 1. The Kier molecular flexibility index (Phi) is 10.8. The van der Waals surface area contributed by atoms with Gasteiger partial charge in [0.2, 0.25) is 5.88 Å². The van der Waals surface area contributed by atoms with Crippen LogP contribution in [0.3, 0.4) is 0 Å². The Bertz CT molecular complexity index is 1740. The maximum absolute atomic E-state index is 12.1. The molecule has 0 radical (unpaired) electrons. The summed E-state index contributed by atoms with van der Waals surface area (Å²) in [5.41, 5.74) is 4.10. The Labute approximate surface area is 279 Å². The second-order valence-corrected chi connectivity index (χ2v) is 12.2. The number of carboxylic acid groups (broad SMARTS) is 1. The summed E-state index contributed by atoms with van der Waals surface area (Å²) in [7, 11) is 3.18. The number of nitriles is 1. The minimum absolute atomic E-state index is 0.0572. The van der Waals surface area contributed by atoms with Crippen LogP contribution in [0.25, 0.3) is 11.0 Å². The molecule has 2 fully saturated rings. The molecule has 2 aliphatic heterocycles. The number of ether oxygens (including phenoxy) is 5. The van der Waals surface area contributed by atoms with Crippen molar-refractivity contribution in [3.05, 3.63) is 82.8 Å². The molecule has 0 aliphatic carbocycles. The van der Waals surface area contributed by atoms with Gasteiger partial charge in [-0.3, -0.25) is 4.90 Å². The number of methoxy groups -OCH3 is 2. The lowest BCUT2D eigenvalue weighted by atomic mass is 9.93. The zero-order valence-corrected chi connectivity index (χ0v) is 27.3. The number of nitrogens with zero attached hydrogens (tertiary/aromatic N) is 5. The van der Waals surface area contributed by atoms with Gasteiger partial charge in [0, 0.05) is 38.5 Å². The van der Waals surface area contributed by atoms with E-state index in [0.717, 1.165) is 56.0 Å². The van der Waals surface area contributed by atoms with Gasteiger partial charge in [0.05, 0.1) is 48.5 Å². The van der Waals surface area contributed by atoms with Crippen LogP contribution in [-0.4, -0.2) is 89.8 Å². The van der Waals surface area contributed by atoms with E-state index >= 15 is 0 Å². The molecule has 252 valence electrons. The van der Waals surface area contributed by atoms with E-state index in [9.17, 15) is 9.90 Å². The normalized spacial score (nSPS) is 17.5. The van der Waals surface area contributed by atoms with Crippen molar-refractivity contribution in [3.8, 4) is 17.7 Å². The summed E-state index contributed by atoms with van der Waals surface area (Å²) in [6.45, 7) is 4.58. The van der Waals surface area contributed by atoms with Crippen LogP contribution in [0.5, 0.6) is 11.6 Å². The molecule has 2 aromatic carbocycles. The van der Waals surface area contributed by atoms with Gasteiger partial charge in [-0.25, -0.2) is 14.8 Å². The van der Waals surface area contributed by atoms with Crippen LogP contribution in [0.4, 0.5) is 0 Å². The van der Waals surface area contributed by atoms with Crippen LogP contribution in [0.1, 0.15) is 58.2 Å². The van der Waals surface area contributed by atoms with Gasteiger partial charge in [-0.15, -0.1) is 0 Å². The number of fused-ring (bicyclic) bond motifs is 1. The van der Waals surface area contributed by atoms with Gasteiger partial charge < -0.3 is 33.4 Å². The third-order valence-corrected chi connectivity index (χ3v) is 9.02. The molecule has 2 aliphatic rings. The monoisotopic (exact) mass is 655 g/mol. The molecular weight excluding hydrogens is 614 g/mol. The number of aromatic carboxylic acids is 1. The van der Waals surface area contributed by atoms with Crippen molar-refractivity contribution < 1.29 is 33.6 Å². The number of carboxylic acids is 1. The number of hydrogen-bond donors (Lipinski definition) is 1. The van der Waals surface area contributed by atoms with E-state index < -0.39 is 5.97 Å². The minimum atomic E-state index is -1.03. The molecule has 0 saturated carbocycles. The smallest absolute Gasteiger partial charge is 0.335 e. The molecule has 4 heterocycles. The van der Waals surface area contributed by atoms with Crippen molar-refractivity contribution in [3.63, 3.8) is 0 Å². The zero-order valence-electron chi connectivity index (χ0n) is 27.3. The standard InChI is InChI=1S/C36H41N5O7/c1-44-22-29(45-2)23-47-32-17-27(36(42)43)16-31-35(32)39-33(41(31)19-28-12-15-46-28)20-40-13-10-26(11-14-40)30-4-3-5-34(38-30)48-21-25-8-6-24(18-37)7-9-25/h3-9,16-17,26,28-29H,10-15,19-23H2,1-2H3,(H,42,43)/t28-,29?/m0/s1. The fourth-order valence-corrected chi connectivity index (χ4v) is 6.14. The summed E-state index contributed by atoms with van der Waals surface area (Å²) >= 11 is 0. The number of benzene rings is 2. The first-order chi connectivity index (χ1) is 23.4. The van der Waals surface area contributed by atoms with Crippen LogP contribution >= 0.6 is 0 Å². The molecule has 1 N–H and O–H groups in total. The van der Waals surface area contributed by atoms with Crippen LogP contribution in [0, 0.1) is 11.3 Å². The average Bonchev–Trinajstić information content (AvgIpc) is 3.44. The molecule has 4 aromatic rings. The predicted molar refractivity (Wildman–Crippen MR) is 176 cm³/mol. The Hall–Kier alpha value is -4.54. The first-order valence-corrected chi connectivity index (χ1v) is 16.3. The Morgan fingerprint density at radius 1 is 1.06 bits per heavy atom. The van der Waals surface area contributed by atoms with Crippen molar-refractivity contribution in [2.75, 3.05) is 47.1 Å². The number of pyridine rings is 1. The second-order valence-electron chi connectivity index (χ2n) is 12.2. The molecule has 0 amide bonds. The first kappa shape index (κ1) is 33.4. The minimum Gasteiger partial charge on any atom is -0.488 e. The molecule has 2 saturated heterocycles. The van der Waals surface area contributed by atoms with Crippen LogP contribution < -0.4 is 9.47 Å². The lowest BCUT2D eigenvalue weighted by Crippen LogP contribution is -2.35. The molecule has 48 heavy (non-hydrogen) atoms. The van der Waals surface area contributed by atoms with Crippen LogP contribution in [0.15, 0.2) is 54.6 Å². The molecule has 2 atom stereocenters. The number of aromatic nitrogens is 3. The summed E-state index contributed by atoms with van der Waals surface area (Å²) in [6.07, 6.45) is 2.57. The maximum atomic E-state index is 12.1. The van der Waals surface area contributed by atoms with Crippen molar-refractivity contribution in [1.82, 2.24) is 19.4 Å².